The third-order valence-corrected chi connectivity index (χ3v) is 5.35. The molecule has 12 heteroatoms. The zero-order valence-electron chi connectivity index (χ0n) is 20.4. The summed E-state index contributed by atoms with van der Waals surface area (Å²) in [6, 6.07) is 6.39. The van der Waals surface area contributed by atoms with Crippen LogP contribution in [0.25, 0.3) is 6.08 Å². The molecule has 0 aromatic heterocycles. The van der Waals surface area contributed by atoms with E-state index in [0.717, 1.165) is 0 Å². The van der Waals surface area contributed by atoms with E-state index in [1.165, 1.54) is 45.6 Å². The van der Waals surface area contributed by atoms with Gasteiger partial charge in [-0.15, -0.1) is 0 Å². The molecule has 4 N–H and O–H groups in total. The highest BCUT2D eigenvalue weighted by atomic mass is 16.5. The number of allylic oxidation sites excluding steroid dienone is 1. The van der Waals surface area contributed by atoms with Gasteiger partial charge in [0.05, 0.1) is 26.9 Å². The summed E-state index contributed by atoms with van der Waals surface area (Å²) in [5.74, 6) is -1.26. The molecule has 1 aliphatic rings. The van der Waals surface area contributed by atoms with Gasteiger partial charge in [-0.05, 0) is 30.7 Å². The van der Waals surface area contributed by atoms with Crippen LogP contribution in [-0.4, -0.2) is 62.7 Å². The summed E-state index contributed by atoms with van der Waals surface area (Å²) in [6.07, 6.45) is 1.17. The van der Waals surface area contributed by atoms with Gasteiger partial charge in [-0.25, -0.2) is 4.79 Å². The van der Waals surface area contributed by atoms with Crippen molar-refractivity contribution >= 4 is 29.6 Å². The Balaban J connectivity index is 1.71. The zero-order chi connectivity index (χ0) is 27.1. The Bertz CT molecular complexity index is 1250. The van der Waals surface area contributed by atoms with Gasteiger partial charge < -0.3 is 39.8 Å². The molecule has 1 heterocycles. The van der Waals surface area contributed by atoms with Crippen molar-refractivity contribution < 1.29 is 48.0 Å². The maximum Gasteiger partial charge on any atom is 0.326 e. The Kier molecular flexibility index (Phi) is 8.56. The Morgan fingerprint density at radius 3 is 2.35 bits per heavy atom. The number of nitrogens with one attached hydrogen (secondary N) is 1. The summed E-state index contributed by atoms with van der Waals surface area (Å²) in [5.41, 5.74) is 5.84. The number of carbonyl (C=O) groups excluding carboxylic acids is 3. The van der Waals surface area contributed by atoms with Crippen molar-refractivity contribution in [2.24, 2.45) is 5.73 Å². The molecule has 12 nitrogen and oxygen atoms in total. The molecule has 0 spiro atoms. The molecule has 0 bridgehead atoms. The van der Waals surface area contributed by atoms with Crippen LogP contribution in [0.3, 0.4) is 0 Å². The first-order valence-corrected chi connectivity index (χ1v) is 11.0. The summed E-state index contributed by atoms with van der Waals surface area (Å²) in [7, 11) is 4.46. The number of ketones is 1. The normalized spacial score (nSPS) is 13.8. The van der Waals surface area contributed by atoms with Crippen molar-refractivity contribution in [1.82, 2.24) is 5.32 Å². The zero-order valence-corrected chi connectivity index (χ0v) is 20.4. The molecule has 1 atom stereocenters. The second-order valence-electron chi connectivity index (χ2n) is 7.80. The average Bonchev–Trinajstić information content (AvgIpc) is 3.18. The lowest BCUT2D eigenvalue weighted by Gasteiger charge is -2.14. The van der Waals surface area contributed by atoms with E-state index in [1.54, 1.807) is 12.1 Å². The van der Waals surface area contributed by atoms with Crippen LogP contribution in [0.5, 0.6) is 28.7 Å². The highest BCUT2D eigenvalue weighted by molar-refractivity contribution is 6.14. The van der Waals surface area contributed by atoms with Gasteiger partial charge in [-0.3, -0.25) is 14.4 Å². The number of fused-ring (bicyclic) bond motifs is 1. The van der Waals surface area contributed by atoms with Crippen LogP contribution < -0.4 is 34.7 Å². The molecule has 0 fully saturated rings. The van der Waals surface area contributed by atoms with Crippen molar-refractivity contribution in [3.8, 4) is 28.7 Å². The standard InChI is InChI=1S/C25H26N2O10/c1-33-17-11-20(35-3)19(34-2)8-13(17)9-21-24(30)15-5-4-14(10-18(15)37-21)36-12-23(29)27-16(25(31)32)6-7-22(26)28/h4-5,8-11,16H,6-7,12H2,1-3H3,(H2,26,28)(H,27,29)(H,31,32). The second kappa shape index (κ2) is 11.8. The molecule has 2 aromatic carbocycles. The minimum Gasteiger partial charge on any atom is -0.496 e. The van der Waals surface area contributed by atoms with E-state index in [4.69, 9.17) is 29.4 Å². The second-order valence-corrected chi connectivity index (χ2v) is 7.80. The maximum absolute atomic E-state index is 12.9. The fraction of sp³-hybridized carbons (Fsp3) is 0.280. The number of hydrogen-bond donors (Lipinski definition) is 3. The molecule has 3 rings (SSSR count). The number of carboxylic acid groups (broad SMARTS) is 1. The monoisotopic (exact) mass is 514 g/mol. The summed E-state index contributed by atoms with van der Waals surface area (Å²) in [5, 5.41) is 11.5. The Morgan fingerprint density at radius 1 is 1.05 bits per heavy atom. The molecule has 2 amide bonds. The number of amides is 2. The van der Waals surface area contributed by atoms with Crippen molar-refractivity contribution in [2.45, 2.75) is 18.9 Å². The number of nitrogens with two attached hydrogens (primary N) is 1. The Morgan fingerprint density at radius 2 is 1.73 bits per heavy atom. The van der Waals surface area contributed by atoms with Gasteiger partial charge in [-0.2, -0.15) is 0 Å². The summed E-state index contributed by atoms with van der Waals surface area (Å²) in [6.45, 7) is -0.501. The van der Waals surface area contributed by atoms with Crippen molar-refractivity contribution in [1.29, 1.82) is 0 Å². The molecule has 37 heavy (non-hydrogen) atoms. The predicted octanol–water partition coefficient (Wildman–Crippen LogP) is 1.54. The number of rotatable bonds is 12. The number of Topliss-reactive ketones (excluding diaryl/α,β-unsaturated/α-hetero) is 1. The van der Waals surface area contributed by atoms with Crippen LogP contribution in [0.1, 0.15) is 28.8 Å². The molecule has 0 radical (unpaired) electrons. The number of carboxylic acids is 1. The van der Waals surface area contributed by atoms with Crippen LogP contribution in [0.2, 0.25) is 0 Å². The first kappa shape index (κ1) is 26.9. The van der Waals surface area contributed by atoms with Gasteiger partial charge in [0.2, 0.25) is 11.7 Å². The topological polar surface area (TPSA) is 173 Å². The molecule has 196 valence electrons. The minimum absolute atomic E-state index is 0.0363. The number of aliphatic carboxylic acids is 1. The van der Waals surface area contributed by atoms with Crippen molar-refractivity contribution in [3.63, 3.8) is 0 Å². The van der Waals surface area contributed by atoms with Gasteiger partial charge in [0.25, 0.3) is 5.91 Å². The van der Waals surface area contributed by atoms with Crippen LogP contribution in [0.15, 0.2) is 36.1 Å². The number of hydrogen-bond acceptors (Lipinski definition) is 9. The van der Waals surface area contributed by atoms with E-state index in [9.17, 15) is 24.3 Å². The fourth-order valence-electron chi connectivity index (χ4n) is 3.49. The molecule has 0 saturated carbocycles. The molecular formula is C25H26N2O10. The van der Waals surface area contributed by atoms with Crippen LogP contribution in [-0.2, 0) is 14.4 Å². The Labute approximate surface area is 211 Å². The van der Waals surface area contributed by atoms with Gasteiger partial charge >= 0.3 is 5.97 Å². The molecule has 1 aliphatic heterocycles. The maximum atomic E-state index is 12.9. The van der Waals surface area contributed by atoms with Gasteiger partial charge in [0.1, 0.15) is 23.3 Å². The van der Waals surface area contributed by atoms with Gasteiger partial charge in [0.15, 0.2) is 23.9 Å². The smallest absolute Gasteiger partial charge is 0.326 e. The lowest BCUT2D eigenvalue weighted by atomic mass is 10.1. The average molecular weight is 514 g/mol. The first-order valence-electron chi connectivity index (χ1n) is 11.0. The molecule has 1 unspecified atom stereocenters. The van der Waals surface area contributed by atoms with E-state index in [-0.39, 0.29) is 35.9 Å². The SMILES string of the molecule is COc1cc(OC)c(OC)cc1C=C1Oc2cc(OCC(=O)NC(CCC(N)=O)C(=O)O)ccc2C1=O. The molecule has 0 aliphatic carbocycles. The van der Waals surface area contributed by atoms with E-state index in [2.05, 4.69) is 5.32 Å². The van der Waals surface area contributed by atoms with E-state index in [1.807, 2.05) is 0 Å². The fourth-order valence-corrected chi connectivity index (χ4v) is 3.49. The van der Waals surface area contributed by atoms with E-state index in [0.29, 0.717) is 28.4 Å². The minimum atomic E-state index is -1.30. The number of ether oxygens (including phenoxy) is 5. The van der Waals surface area contributed by atoms with Crippen molar-refractivity contribution in [3.05, 3.63) is 47.2 Å². The summed E-state index contributed by atoms with van der Waals surface area (Å²) in [4.78, 5) is 47.2. The lowest BCUT2D eigenvalue weighted by Crippen LogP contribution is -2.43. The third kappa shape index (κ3) is 6.48. The summed E-state index contributed by atoms with van der Waals surface area (Å²) >= 11 is 0. The quantitative estimate of drug-likeness (QED) is 0.353. The van der Waals surface area contributed by atoms with E-state index < -0.39 is 30.4 Å². The van der Waals surface area contributed by atoms with Gasteiger partial charge in [-0.1, -0.05) is 0 Å². The number of methoxy groups -OCH3 is 3. The third-order valence-electron chi connectivity index (χ3n) is 5.35. The predicted molar refractivity (Wildman–Crippen MR) is 129 cm³/mol. The largest absolute Gasteiger partial charge is 0.496 e. The first-order chi connectivity index (χ1) is 17.7. The molecule has 2 aromatic rings. The van der Waals surface area contributed by atoms with Crippen LogP contribution in [0.4, 0.5) is 0 Å². The molecule has 0 saturated heterocycles. The number of benzene rings is 2. The lowest BCUT2D eigenvalue weighted by molar-refractivity contribution is -0.142. The Hall–Kier alpha value is -4.74. The highest BCUT2D eigenvalue weighted by Crippen LogP contribution is 2.39. The van der Waals surface area contributed by atoms with Crippen LogP contribution >= 0.6 is 0 Å². The van der Waals surface area contributed by atoms with Crippen LogP contribution in [0, 0.1) is 0 Å². The number of carbonyl (C=O) groups is 4. The highest BCUT2D eigenvalue weighted by Gasteiger charge is 2.29. The summed E-state index contributed by atoms with van der Waals surface area (Å²) < 4.78 is 27.1. The number of primary amides is 1. The van der Waals surface area contributed by atoms with E-state index >= 15 is 0 Å². The van der Waals surface area contributed by atoms with Crippen molar-refractivity contribution in [2.75, 3.05) is 27.9 Å². The van der Waals surface area contributed by atoms with Gasteiger partial charge in [0, 0.05) is 24.1 Å². The molecular weight excluding hydrogens is 488 g/mol.